The zero-order valence-electron chi connectivity index (χ0n) is 22.4. The van der Waals surface area contributed by atoms with Gasteiger partial charge in [0.25, 0.3) is 0 Å². The molecule has 200 valence electrons. The van der Waals surface area contributed by atoms with Crippen molar-refractivity contribution in [2.45, 2.75) is 9.79 Å². The van der Waals surface area contributed by atoms with Crippen LogP contribution in [0, 0.1) is 0 Å². The van der Waals surface area contributed by atoms with Crippen LogP contribution < -0.4 is 70.2 Å². The van der Waals surface area contributed by atoms with E-state index in [0.717, 1.165) is 6.07 Å². The molecule has 10 nitrogen and oxygen atoms in total. The smallest absolute Gasteiger partial charge is 0.744 e. The van der Waals surface area contributed by atoms with Crippen LogP contribution in [-0.2, 0) is 20.2 Å². The minimum Gasteiger partial charge on any atom is -0.744 e. The molecule has 0 amide bonds. The Balaban J connectivity index is 0.00000202. The molecule has 4 aromatic rings. The van der Waals surface area contributed by atoms with Crippen molar-refractivity contribution in [1.29, 1.82) is 0 Å². The summed E-state index contributed by atoms with van der Waals surface area (Å²) in [7, 11) is -9.86. The van der Waals surface area contributed by atoms with Gasteiger partial charge in [0.15, 0.2) is 0 Å². The van der Waals surface area contributed by atoms with E-state index in [1.165, 1.54) is 18.2 Å². The van der Waals surface area contributed by atoms with Crippen molar-refractivity contribution in [3.8, 4) is 17.1 Å². The summed E-state index contributed by atoms with van der Waals surface area (Å²) >= 11 is 0. The number of rotatable bonds is 4. The molecule has 1 heterocycles. The summed E-state index contributed by atoms with van der Waals surface area (Å²) in [6.45, 7) is 0. The molecule has 0 bridgehead atoms. The number of nitrogen functional groups attached to an aromatic ring is 1. The van der Waals surface area contributed by atoms with Crippen LogP contribution in [0.2, 0.25) is 0 Å². The van der Waals surface area contributed by atoms with Crippen LogP contribution in [0.3, 0.4) is 0 Å². The van der Waals surface area contributed by atoms with Gasteiger partial charge in [-0.15, -0.1) is 0 Å². The molecule has 2 N–H and O–H groups in total. The molecule has 0 fully saturated rings. The minimum atomic E-state index is -4.93. The Morgan fingerprint density at radius 3 is 1.98 bits per heavy atom. The predicted molar refractivity (Wildman–Crippen MR) is 147 cm³/mol. The third-order valence-corrected chi connectivity index (χ3v) is 8.20. The number of fused-ring (bicyclic) bond motifs is 4. The first-order valence-electron chi connectivity index (χ1n) is 11.8. The van der Waals surface area contributed by atoms with Crippen LogP contribution in [0.15, 0.2) is 112 Å². The summed E-state index contributed by atoms with van der Waals surface area (Å²) in [5.41, 5.74) is 8.17. The molecule has 0 saturated heterocycles. The molecule has 0 spiro atoms. The zero-order chi connectivity index (χ0) is 28.2. The molecular formula is C28H18N4Na2O6S2. The SMILES string of the molecule is Nc1cc2c(cc1S(=O)(=O)[O-])nc1c3cccc(S(=O)(=O)[O-])c3c(=Nc3ccccc3)cc-1n2-c1ccccc1.[Na+].[Na+]. The number of hydrogen-bond donors (Lipinski definition) is 1. The standard InChI is InChI=1S/C28H20N4O6S2.2Na/c29-20-14-23-21(16-26(20)40(36,37)38)31-28-19-12-7-13-25(39(33,34)35)27(19)22(30-17-8-3-1-4-9-17)15-24(28)32(23)18-10-5-2-6-11-18;;/h1-16H,29H2,(H,33,34,35)(H,36,37,38);;/q;2*+1/p-2. The second-order valence-corrected chi connectivity index (χ2v) is 11.7. The quantitative estimate of drug-likeness (QED) is 0.0773. The minimum absolute atomic E-state index is 0. The molecule has 42 heavy (non-hydrogen) atoms. The topological polar surface area (TPSA) is 171 Å². The maximum absolute atomic E-state index is 12.3. The van der Waals surface area contributed by atoms with Crippen LogP contribution in [0.25, 0.3) is 38.9 Å². The van der Waals surface area contributed by atoms with E-state index in [9.17, 15) is 25.9 Å². The van der Waals surface area contributed by atoms with Gasteiger partial charge in [0.05, 0.1) is 48.9 Å². The van der Waals surface area contributed by atoms with Crippen LogP contribution in [0.5, 0.6) is 0 Å². The van der Waals surface area contributed by atoms with E-state index in [-0.39, 0.29) is 86.8 Å². The van der Waals surface area contributed by atoms with Crippen molar-refractivity contribution in [2.24, 2.45) is 4.99 Å². The molecule has 0 unspecified atom stereocenters. The van der Waals surface area contributed by atoms with E-state index in [1.54, 1.807) is 53.1 Å². The first-order valence-corrected chi connectivity index (χ1v) is 14.6. The summed E-state index contributed by atoms with van der Waals surface area (Å²) in [5, 5.41) is 0.563. The Morgan fingerprint density at radius 1 is 0.738 bits per heavy atom. The zero-order valence-corrected chi connectivity index (χ0v) is 28.1. The van der Waals surface area contributed by atoms with E-state index >= 15 is 0 Å². The van der Waals surface area contributed by atoms with Gasteiger partial charge in [-0.05, 0) is 48.5 Å². The number of hydrogen-bond acceptors (Lipinski definition) is 9. The Labute approximate surface area is 285 Å². The molecule has 0 aromatic heterocycles. The van der Waals surface area contributed by atoms with Crippen molar-refractivity contribution in [3.63, 3.8) is 0 Å². The van der Waals surface area contributed by atoms with Gasteiger partial charge in [-0.2, -0.15) is 0 Å². The van der Waals surface area contributed by atoms with Crippen LogP contribution in [0.4, 0.5) is 11.4 Å². The Bertz CT molecular complexity index is 2230. The normalized spacial score (nSPS) is 12.3. The average molecular weight is 617 g/mol. The van der Waals surface area contributed by atoms with Gasteiger partial charge >= 0.3 is 59.1 Å². The van der Waals surface area contributed by atoms with Gasteiger partial charge in [-0.25, -0.2) is 26.8 Å². The second-order valence-electron chi connectivity index (χ2n) is 8.96. The summed E-state index contributed by atoms with van der Waals surface area (Å²) in [6.07, 6.45) is 0. The van der Waals surface area contributed by atoms with Crippen molar-refractivity contribution in [1.82, 2.24) is 9.55 Å². The fourth-order valence-electron chi connectivity index (χ4n) is 4.79. The monoisotopic (exact) mass is 616 g/mol. The number of nitrogens with zero attached hydrogens (tertiary/aromatic N) is 3. The predicted octanol–water partition coefficient (Wildman–Crippen LogP) is -2.09. The van der Waals surface area contributed by atoms with Gasteiger partial charge in [0, 0.05) is 16.5 Å². The third-order valence-electron chi connectivity index (χ3n) is 6.43. The van der Waals surface area contributed by atoms with E-state index in [2.05, 4.69) is 9.98 Å². The number of benzene rings is 5. The van der Waals surface area contributed by atoms with E-state index in [4.69, 9.17) is 5.73 Å². The molecule has 14 heteroatoms. The molecule has 4 aromatic carbocycles. The number of para-hydroxylation sites is 2. The van der Waals surface area contributed by atoms with Gasteiger partial charge in [-0.1, -0.05) is 48.5 Å². The van der Waals surface area contributed by atoms with Crippen molar-refractivity contribution in [3.05, 3.63) is 102 Å². The summed E-state index contributed by atoms with van der Waals surface area (Å²) in [6, 6.07) is 26.2. The van der Waals surface area contributed by atoms with Crippen LogP contribution >= 0.6 is 0 Å². The number of aromatic nitrogens is 2. The van der Waals surface area contributed by atoms with Gasteiger partial charge in [0.1, 0.15) is 20.2 Å². The van der Waals surface area contributed by atoms with Crippen molar-refractivity contribution < 1.29 is 85.1 Å². The molecule has 0 radical (unpaired) electrons. The maximum Gasteiger partial charge on any atom is 1.00 e. The number of nitrogens with two attached hydrogens (primary N) is 1. The summed E-state index contributed by atoms with van der Waals surface area (Å²) in [4.78, 5) is 8.24. The average Bonchev–Trinajstić information content (AvgIpc) is 2.91. The van der Waals surface area contributed by atoms with Crippen LogP contribution in [0.1, 0.15) is 0 Å². The molecule has 0 saturated carbocycles. The molecule has 1 aliphatic heterocycles. The molecule has 6 rings (SSSR count). The first kappa shape index (κ1) is 32.3. The Morgan fingerprint density at radius 2 is 1.36 bits per heavy atom. The molecule has 0 atom stereocenters. The van der Waals surface area contributed by atoms with Crippen LogP contribution in [-0.4, -0.2) is 35.5 Å². The Hall–Kier alpha value is -2.62. The van der Waals surface area contributed by atoms with E-state index < -0.39 is 30.0 Å². The fraction of sp³-hybridized carbons (Fsp3) is 0. The summed E-state index contributed by atoms with van der Waals surface area (Å²) < 4.78 is 74.5. The largest absolute Gasteiger partial charge is 1.00 e. The van der Waals surface area contributed by atoms with E-state index in [1.807, 2.05) is 24.3 Å². The molecular weight excluding hydrogens is 598 g/mol. The van der Waals surface area contributed by atoms with Gasteiger partial charge in [-0.3, -0.25) is 0 Å². The molecule has 1 aliphatic carbocycles. The van der Waals surface area contributed by atoms with E-state index in [0.29, 0.717) is 28.0 Å². The number of anilines is 1. The molecule has 2 aliphatic rings. The van der Waals surface area contributed by atoms with Crippen molar-refractivity contribution >= 4 is 53.4 Å². The third kappa shape index (κ3) is 5.92. The van der Waals surface area contributed by atoms with Gasteiger partial charge < -0.3 is 19.4 Å². The summed E-state index contributed by atoms with van der Waals surface area (Å²) in [5.74, 6) is 0. The maximum atomic E-state index is 12.3. The fourth-order valence-corrected chi connectivity index (χ4v) is 6.10. The first-order chi connectivity index (χ1) is 19.0. The Kier molecular flexibility index (Phi) is 9.36. The second kappa shape index (κ2) is 12.2. The van der Waals surface area contributed by atoms with Crippen molar-refractivity contribution in [2.75, 3.05) is 5.73 Å². The van der Waals surface area contributed by atoms with Gasteiger partial charge in [0.2, 0.25) is 0 Å².